The third-order valence-corrected chi connectivity index (χ3v) is 3.31. The number of nitrogens with one attached hydrogen (secondary N) is 2. The summed E-state index contributed by atoms with van der Waals surface area (Å²) in [5.74, 6) is -0.242. The fourth-order valence-electron chi connectivity index (χ4n) is 2.36. The maximum Gasteiger partial charge on any atom is 0.251 e. The number of amides is 2. The first-order valence-electron chi connectivity index (χ1n) is 7.66. The number of rotatable bonds is 7. The van der Waals surface area contributed by atoms with E-state index in [1.165, 1.54) is 6.08 Å². The Balaban J connectivity index is 2.53. The predicted molar refractivity (Wildman–Crippen MR) is 94.2 cm³/mol. The standard InChI is InChI=1S/C18H27N3O2/c1-18(2,13-21(4)5)12-20-16(22)11-8-14-6-9-15(10-7-14)17(23)19-3/h6-11H,12-13H2,1-5H3,(H,19,23)(H,20,22). The van der Waals surface area contributed by atoms with E-state index in [0.717, 1.165) is 12.1 Å². The second-order valence-electron chi connectivity index (χ2n) is 6.65. The second-order valence-corrected chi connectivity index (χ2v) is 6.65. The second kappa shape index (κ2) is 8.48. The van der Waals surface area contributed by atoms with Gasteiger partial charge in [-0.25, -0.2) is 0 Å². The van der Waals surface area contributed by atoms with Crippen LogP contribution in [0.3, 0.4) is 0 Å². The number of carbonyl (C=O) groups excluding carboxylic acids is 2. The Morgan fingerprint density at radius 2 is 1.78 bits per heavy atom. The lowest BCUT2D eigenvalue weighted by molar-refractivity contribution is -0.116. The number of benzene rings is 1. The van der Waals surface area contributed by atoms with Crippen molar-refractivity contribution in [2.45, 2.75) is 13.8 Å². The normalized spacial score (nSPS) is 11.7. The lowest BCUT2D eigenvalue weighted by Gasteiger charge is -2.28. The third-order valence-electron chi connectivity index (χ3n) is 3.31. The van der Waals surface area contributed by atoms with E-state index in [-0.39, 0.29) is 17.2 Å². The maximum absolute atomic E-state index is 11.9. The summed E-state index contributed by atoms with van der Waals surface area (Å²) >= 11 is 0. The van der Waals surface area contributed by atoms with E-state index in [4.69, 9.17) is 0 Å². The van der Waals surface area contributed by atoms with Crippen LogP contribution in [-0.2, 0) is 4.79 Å². The van der Waals surface area contributed by atoms with Gasteiger partial charge in [-0.1, -0.05) is 26.0 Å². The van der Waals surface area contributed by atoms with Gasteiger partial charge in [0.1, 0.15) is 0 Å². The fraction of sp³-hybridized carbons (Fsp3) is 0.444. The van der Waals surface area contributed by atoms with Gasteiger partial charge in [0, 0.05) is 31.8 Å². The molecular weight excluding hydrogens is 290 g/mol. The van der Waals surface area contributed by atoms with Gasteiger partial charge in [-0.05, 0) is 43.3 Å². The molecule has 5 heteroatoms. The molecule has 0 saturated carbocycles. The lowest BCUT2D eigenvalue weighted by atomic mass is 9.93. The maximum atomic E-state index is 11.9. The Hall–Kier alpha value is -2.14. The highest BCUT2D eigenvalue weighted by Crippen LogP contribution is 2.14. The predicted octanol–water partition coefficient (Wildman–Crippen LogP) is 1.76. The molecule has 0 saturated heterocycles. The van der Waals surface area contributed by atoms with Crippen molar-refractivity contribution in [2.24, 2.45) is 5.41 Å². The van der Waals surface area contributed by atoms with Crippen molar-refractivity contribution in [2.75, 3.05) is 34.2 Å². The van der Waals surface area contributed by atoms with E-state index < -0.39 is 0 Å². The molecule has 0 fully saturated rings. The Morgan fingerprint density at radius 3 is 2.30 bits per heavy atom. The van der Waals surface area contributed by atoms with Crippen molar-refractivity contribution in [3.63, 3.8) is 0 Å². The van der Waals surface area contributed by atoms with E-state index in [9.17, 15) is 9.59 Å². The first-order valence-corrected chi connectivity index (χ1v) is 7.66. The Morgan fingerprint density at radius 1 is 1.17 bits per heavy atom. The molecule has 2 amide bonds. The Kier molecular flexibility index (Phi) is 6.97. The van der Waals surface area contributed by atoms with E-state index in [0.29, 0.717) is 12.1 Å². The highest BCUT2D eigenvalue weighted by Gasteiger charge is 2.19. The summed E-state index contributed by atoms with van der Waals surface area (Å²) < 4.78 is 0. The van der Waals surface area contributed by atoms with Gasteiger partial charge in [-0.3, -0.25) is 9.59 Å². The molecule has 0 atom stereocenters. The van der Waals surface area contributed by atoms with Gasteiger partial charge in [0.25, 0.3) is 5.91 Å². The molecule has 0 spiro atoms. The third kappa shape index (κ3) is 7.10. The van der Waals surface area contributed by atoms with E-state index in [2.05, 4.69) is 29.4 Å². The molecule has 0 bridgehead atoms. The zero-order valence-corrected chi connectivity index (χ0v) is 14.6. The average molecular weight is 317 g/mol. The van der Waals surface area contributed by atoms with Crippen molar-refractivity contribution >= 4 is 17.9 Å². The molecular formula is C18H27N3O2. The topological polar surface area (TPSA) is 61.4 Å². The largest absolute Gasteiger partial charge is 0.355 e. The van der Waals surface area contributed by atoms with Crippen LogP contribution in [0.25, 0.3) is 6.08 Å². The van der Waals surface area contributed by atoms with Crippen LogP contribution in [0.2, 0.25) is 0 Å². The summed E-state index contributed by atoms with van der Waals surface area (Å²) in [4.78, 5) is 25.5. The van der Waals surface area contributed by atoms with E-state index in [1.54, 1.807) is 25.3 Å². The monoisotopic (exact) mass is 317 g/mol. The summed E-state index contributed by atoms with van der Waals surface area (Å²) in [6, 6.07) is 7.09. The molecule has 0 aliphatic heterocycles. The van der Waals surface area contributed by atoms with Crippen molar-refractivity contribution in [3.8, 4) is 0 Å². The minimum Gasteiger partial charge on any atom is -0.355 e. The minimum atomic E-state index is -0.124. The molecule has 1 rings (SSSR count). The molecule has 0 aliphatic carbocycles. The molecule has 1 aromatic carbocycles. The summed E-state index contributed by atoms with van der Waals surface area (Å²) in [7, 11) is 5.64. The molecule has 0 unspecified atom stereocenters. The first-order chi connectivity index (χ1) is 10.7. The van der Waals surface area contributed by atoms with Crippen molar-refractivity contribution in [1.29, 1.82) is 0 Å². The van der Waals surface area contributed by atoms with Gasteiger partial charge in [0.2, 0.25) is 5.91 Å². The van der Waals surface area contributed by atoms with Crippen molar-refractivity contribution in [1.82, 2.24) is 15.5 Å². The number of carbonyl (C=O) groups is 2. The highest BCUT2D eigenvalue weighted by atomic mass is 16.2. The van der Waals surface area contributed by atoms with Gasteiger partial charge in [0.05, 0.1) is 0 Å². The highest BCUT2D eigenvalue weighted by molar-refractivity contribution is 5.94. The number of hydrogen-bond acceptors (Lipinski definition) is 3. The van der Waals surface area contributed by atoms with E-state index >= 15 is 0 Å². The molecule has 0 aromatic heterocycles. The molecule has 0 aliphatic rings. The summed E-state index contributed by atoms with van der Waals surface area (Å²) in [6.07, 6.45) is 3.25. The van der Waals surface area contributed by atoms with E-state index in [1.807, 2.05) is 26.2 Å². The Labute approximate surface area is 138 Å². The lowest BCUT2D eigenvalue weighted by Crippen LogP contribution is -2.39. The molecule has 2 N–H and O–H groups in total. The van der Waals surface area contributed by atoms with Crippen LogP contribution in [-0.4, -0.2) is 50.9 Å². The molecule has 5 nitrogen and oxygen atoms in total. The molecule has 0 radical (unpaired) electrons. The van der Waals surface area contributed by atoms with Crippen LogP contribution in [0.4, 0.5) is 0 Å². The molecule has 0 heterocycles. The van der Waals surface area contributed by atoms with Gasteiger partial charge < -0.3 is 15.5 Å². The molecule has 1 aromatic rings. The first kappa shape index (κ1) is 18.9. The fourth-order valence-corrected chi connectivity index (χ4v) is 2.36. The number of nitrogens with zero attached hydrogens (tertiary/aromatic N) is 1. The minimum absolute atomic E-state index is 0.0160. The molecule has 23 heavy (non-hydrogen) atoms. The number of hydrogen-bond donors (Lipinski definition) is 2. The van der Waals surface area contributed by atoms with Crippen LogP contribution in [0.15, 0.2) is 30.3 Å². The summed E-state index contributed by atoms with van der Waals surface area (Å²) in [5, 5.41) is 5.49. The van der Waals surface area contributed by atoms with Crippen LogP contribution in [0, 0.1) is 5.41 Å². The smallest absolute Gasteiger partial charge is 0.251 e. The van der Waals surface area contributed by atoms with Crippen molar-refractivity contribution < 1.29 is 9.59 Å². The van der Waals surface area contributed by atoms with Crippen LogP contribution >= 0.6 is 0 Å². The summed E-state index contributed by atoms with van der Waals surface area (Å²) in [6.45, 7) is 5.75. The Bertz CT molecular complexity index is 560. The summed E-state index contributed by atoms with van der Waals surface area (Å²) in [5.41, 5.74) is 1.49. The molecule has 126 valence electrons. The van der Waals surface area contributed by atoms with Crippen molar-refractivity contribution in [3.05, 3.63) is 41.5 Å². The average Bonchev–Trinajstić information content (AvgIpc) is 2.49. The zero-order valence-electron chi connectivity index (χ0n) is 14.6. The van der Waals surface area contributed by atoms with Crippen LogP contribution < -0.4 is 10.6 Å². The van der Waals surface area contributed by atoms with Crippen LogP contribution in [0.5, 0.6) is 0 Å². The van der Waals surface area contributed by atoms with Crippen LogP contribution in [0.1, 0.15) is 29.8 Å². The quantitative estimate of drug-likeness (QED) is 0.753. The van der Waals surface area contributed by atoms with Gasteiger partial charge in [-0.2, -0.15) is 0 Å². The van der Waals surface area contributed by atoms with Gasteiger partial charge >= 0.3 is 0 Å². The zero-order chi connectivity index (χ0) is 17.5. The van der Waals surface area contributed by atoms with Gasteiger partial charge in [-0.15, -0.1) is 0 Å². The van der Waals surface area contributed by atoms with Gasteiger partial charge in [0.15, 0.2) is 0 Å². The SMILES string of the molecule is CNC(=O)c1ccc(C=CC(=O)NCC(C)(C)CN(C)C)cc1.